The molecule has 0 saturated heterocycles. The van der Waals surface area contributed by atoms with Gasteiger partial charge in [-0.2, -0.15) is 0 Å². The van der Waals surface area contributed by atoms with Crippen LogP contribution in [0.15, 0.2) is 54.6 Å². The molecule has 0 aliphatic carbocycles. The van der Waals surface area contributed by atoms with E-state index >= 15 is 0 Å². The molecular formula is C18H23NO. The maximum absolute atomic E-state index is 6.12. The van der Waals surface area contributed by atoms with Crippen LogP contribution in [0.2, 0.25) is 0 Å². The molecule has 0 aromatic heterocycles. The van der Waals surface area contributed by atoms with E-state index in [0.717, 1.165) is 30.7 Å². The van der Waals surface area contributed by atoms with Crippen molar-refractivity contribution in [1.82, 2.24) is 5.32 Å². The van der Waals surface area contributed by atoms with Crippen LogP contribution in [-0.4, -0.2) is 19.7 Å². The molecule has 0 fully saturated rings. The van der Waals surface area contributed by atoms with Crippen molar-refractivity contribution in [2.45, 2.75) is 25.9 Å². The number of para-hydroxylation sites is 1. The zero-order valence-electron chi connectivity index (χ0n) is 12.3. The molecule has 1 unspecified atom stereocenters. The van der Waals surface area contributed by atoms with Gasteiger partial charge in [-0.25, -0.2) is 0 Å². The summed E-state index contributed by atoms with van der Waals surface area (Å²) in [5.41, 5.74) is 2.36. The fraction of sp³-hybridized carbons (Fsp3) is 0.333. The Balaban J connectivity index is 2.09. The van der Waals surface area contributed by atoms with Crippen molar-refractivity contribution >= 4 is 0 Å². The lowest BCUT2D eigenvalue weighted by atomic mass is 10.0. The third kappa shape index (κ3) is 4.10. The van der Waals surface area contributed by atoms with E-state index in [1.165, 1.54) is 5.56 Å². The first-order valence-corrected chi connectivity index (χ1v) is 7.27. The molecule has 2 aromatic rings. The molecule has 0 saturated carbocycles. The molecule has 0 aliphatic rings. The van der Waals surface area contributed by atoms with E-state index in [4.69, 9.17) is 4.74 Å². The van der Waals surface area contributed by atoms with Crippen molar-refractivity contribution in [2.24, 2.45) is 0 Å². The van der Waals surface area contributed by atoms with Gasteiger partial charge in [0.25, 0.3) is 0 Å². The van der Waals surface area contributed by atoms with Crippen LogP contribution in [0.5, 0.6) is 5.75 Å². The molecular weight excluding hydrogens is 246 g/mol. The molecule has 106 valence electrons. The Hall–Kier alpha value is -1.80. The molecule has 2 aromatic carbocycles. The van der Waals surface area contributed by atoms with Gasteiger partial charge in [0.2, 0.25) is 0 Å². The number of hydrogen-bond acceptors (Lipinski definition) is 2. The van der Waals surface area contributed by atoms with Crippen molar-refractivity contribution in [1.29, 1.82) is 0 Å². The molecule has 0 spiro atoms. The Kier molecular flexibility index (Phi) is 5.63. The lowest BCUT2D eigenvalue weighted by Gasteiger charge is -2.17. The third-order valence-corrected chi connectivity index (χ3v) is 3.34. The zero-order valence-corrected chi connectivity index (χ0v) is 12.3. The van der Waals surface area contributed by atoms with Crippen LogP contribution in [0.4, 0.5) is 0 Å². The third-order valence-electron chi connectivity index (χ3n) is 3.34. The van der Waals surface area contributed by atoms with Crippen LogP contribution >= 0.6 is 0 Å². The van der Waals surface area contributed by atoms with Crippen LogP contribution in [0.1, 0.15) is 19.8 Å². The highest BCUT2D eigenvalue weighted by molar-refractivity contribution is 5.70. The summed E-state index contributed by atoms with van der Waals surface area (Å²) in [4.78, 5) is 0. The van der Waals surface area contributed by atoms with Crippen LogP contribution < -0.4 is 10.1 Å². The molecule has 0 bridgehead atoms. The summed E-state index contributed by atoms with van der Waals surface area (Å²) in [5.74, 6) is 0.968. The predicted molar refractivity (Wildman–Crippen MR) is 85.1 cm³/mol. The summed E-state index contributed by atoms with van der Waals surface area (Å²) in [6, 6.07) is 18.6. The summed E-state index contributed by atoms with van der Waals surface area (Å²) in [7, 11) is 1.98. The fourth-order valence-electron chi connectivity index (χ4n) is 2.27. The van der Waals surface area contributed by atoms with Crippen LogP contribution in [0.25, 0.3) is 11.1 Å². The first-order chi connectivity index (χ1) is 9.81. The maximum Gasteiger partial charge on any atom is 0.127 e. The van der Waals surface area contributed by atoms with Crippen molar-refractivity contribution in [3.8, 4) is 16.9 Å². The highest BCUT2D eigenvalue weighted by atomic mass is 16.5. The summed E-state index contributed by atoms with van der Waals surface area (Å²) in [5, 5.41) is 3.17. The topological polar surface area (TPSA) is 21.3 Å². The van der Waals surface area contributed by atoms with E-state index in [9.17, 15) is 0 Å². The minimum Gasteiger partial charge on any atom is -0.490 e. The van der Waals surface area contributed by atoms with Crippen molar-refractivity contribution < 1.29 is 4.74 Å². The Labute approximate surface area is 121 Å². The van der Waals surface area contributed by atoms with Gasteiger partial charge < -0.3 is 10.1 Å². The van der Waals surface area contributed by atoms with Crippen molar-refractivity contribution in [3.63, 3.8) is 0 Å². The van der Waals surface area contributed by atoms with Gasteiger partial charge in [-0.3, -0.25) is 0 Å². The molecule has 0 heterocycles. The summed E-state index contributed by atoms with van der Waals surface area (Å²) in [6.07, 6.45) is 2.42. The first-order valence-electron chi connectivity index (χ1n) is 7.27. The van der Waals surface area contributed by atoms with Crippen molar-refractivity contribution in [3.05, 3.63) is 54.6 Å². The lowest BCUT2D eigenvalue weighted by molar-refractivity contribution is 0.209. The number of hydrogen-bond donors (Lipinski definition) is 1. The molecule has 1 atom stereocenters. The molecule has 2 rings (SSSR count). The monoisotopic (exact) mass is 269 g/mol. The quantitative estimate of drug-likeness (QED) is 0.763. The van der Waals surface area contributed by atoms with E-state index in [0.29, 0.717) is 0 Å². The highest BCUT2D eigenvalue weighted by Gasteiger charge is 2.09. The van der Waals surface area contributed by atoms with E-state index in [1.54, 1.807) is 0 Å². The molecule has 2 nitrogen and oxygen atoms in total. The van der Waals surface area contributed by atoms with Gasteiger partial charge in [0, 0.05) is 5.56 Å². The van der Waals surface area contributed by atoms with E-state index in [1.807, 2.05) is 19.2 Å². The van der Waals surface area contributed by atoms with Gasteiger partial charge >= 0.3 is 0 Å². The van der Waals surface area contributed by atoms with Gasteiger partial charge in [0.15, 0.2) is 0 Å². The molecule has 20 heavy (non-hydrogen) atoms. The molecule has 1 N–H and O–H groups in total. The second kappa shape index (κ2) is 7.71. The van der Waals surface area contributed by atoms with Crippen LogP contribution in [-0.2, 0) is 0 Å². The summed E-state index contributed by atoms with van der Waals surface area (Å²) < 4.78 is 6.12. The number of rotatable bonds is 7. The summed E-state index contributed by atoms with van der Waals surface area (Å²) in [6.45, 7) is 3.17. The fourth-order valence-corrected chi connectivity index (χ4v) is 2.27. The summed E-state index contributed by atoms with van der Waals surface area (Å²) >= 11 is 0. The van der Waals surface area contributed by atoms with Crippen LogP contribution in [0, 0.1) is 0 Å². The highest BCUT2D eigenvalue weighted by Crippen LogP contribution is 2.30. The van der Waals surface area contributed by atoms with Gasteiger partial charge in [-0.05, 0) is 45.0 Å². The number of ether oxygens (including phenoxy) is 1. The minimum absolute atomic E-state index is 0.230. The molecule has 0 amide bonds. The number of benzene rings is 2. The Bertz CT molecular complexity index is 510. The molecule has 0 aliphatic heterocycles. The second-order valence-corrected chi connectivity index (χ2v) is 5.04. The number of nitrogens with one attached hydrogen (secondary N) is 1. The standard InChI is InChI=1S/C18H23NO/c1-15(9-8-14-19-2)20-18-13-7-6-12-17(18)16-10-4-3-5-11-16/h3-7,10-13,15,19H,8-9,14H2,1-2H3. The Morgan fingerprint density at radius 2 is 1.70 bits per heavy atom. The second-order valence-electron chi connectivity index (χ2n) is 5.04. The predicted octanol–water partition coefficient (Wildman–Crippen LogP) is 4.12. The zero-order chi connectivity index (χ0) is 14.2. The van der Waals surface area contributed by atoms with E-state index in [2.05, 4.69) is 54.7 Å². The Morgan fingerprint density at radius 3 is 2.45 bits per heavy atom. The van der Waals surface area contributed by atoms with Gasteiger partial charge in [0.1, 0.15) is 5.75 Å². The largest absolute Gasteiger partial charge is 0.490 e. The molecule has 2 heteroatoms. The smallest absolute Gasteiger partial charge is 0.127 e. The van der Waals surface area contributed by atoms with Crippen LogP contribution in [0.3, 0.4) is 0 Å². The minimum atomic E-state index is 0.230. The van der Waals surface area contributed by atoms with Gasteiger partial charge in [-0.15, -0.1) is 0 Å². The van der Waals surface area contributed by atoms with Gasteiger partial charge in [-0.1, -0.05) is 48.5 Å². The molecule has 0 radical (unpaired) electrons. The van der Waals surface area contributed by atoms with Gasteiger partial charge in [0.05, 0.1) is 6.10 Å². The SMILES string of the molecule is CNCCCC(C)Oc1ccccc1-c1ccccc1. The normalized spacial score (nSPS) is 12.1. The lowest BCUT2D eigenvalue weighted by Crippen LogP contribution is -2.16. The first kappa shape index (κ1) is 14.6. The Morgan fingerprint density at radius 1 is 1.00 bits per heavy atom. The average Bonchev–Trinajstić information content (AvgIpc) is 2.49. The maximum atomic E-state index is 6.12. The van der Waals surface area contributed by atoms with Crippen molar-refractivity contribution in [2.75, 3.05) is 13.6 Å². The average molecular weight is 269 g/mol. The van der Waals surface area contributed by atoms with E-state index in [-0.39, 0.29) is 6.10 Å². The van der Waals surface area contributed by atoms with E-state index < -0.39 is 0 Å².